The van der Waals surface area contributed by atoms with Gasteiger partial charge in [0, 0.05) is 13.3 Å². The molecule has 0 aromatic carbocycles. The smallest absolute Gasteiger partial charge is 0.307 e. The Morgan fingerprint density at radius 2 is 1.07 bits per heavy atom. The van der Waals surface area contributed by atoms with E-state index in [2.05, 4.69) is 32.1 Å². The van der Waals surface area contributed by atoms with Gasteiger partial charge in [0.1, 0.15) is 0 Å². The molecular weight excluding hydrogens is 376 g/mol. The average Bonchev–Trinajstić information content (AvgIpc) is 2.63. The quantitative estimate of drug-likeness (QED) is 0.136. The number of ether oxygens (including phenoxy) is 1. The summed E-state index contributed by atoms with van der Waals surface area (Å²) in [6, 6.07) is 0. The van der Waals surface area contributed by atoms with E-state index in [1.165, 1.54) is 96.8 Å². The first-order valence-electron chi connectivity index (χ1n) is 12.2. The molecule has 0 aliphatic carbocycles. The summed E-state index contributed by atoms with van der Waals surface area (Å²) in [6.07, 6.45) is 22.7. The second-order valence-electron chi connectivity index (χ2n) is 9.53. The van der Waals surface area contributed by atoms with Crippen molar-refractivity contribution >= 4 is 11.9 Å². The SMILES string of the molecule is C=COC(C)=O.CC(C)(C)CCCCCCCCCCCCCCCCCC(=O)O. The second-order valence-corrected chi connectivity index (χ2v) is 9.53. The molecule has 0 aliphatic rings. The van der Waals surface area contributed by atoms with Gasteiger partial charge in [-0.05, 0) is 18.3 Å². The summed E-state index contributed by atoms with van der Waals surface area (Å²) in [5.74, 6) is -0.982. The highest BCUT2D eigenvalue weighted by atomic mass is 16.5. The Hall–Kier alpha value is -1.32. The molecule has 4 heteroatoms. The van der Waals surface area contributed by atoms with Crippen molar-refractivity contribution in [3.05, 3.63) is 12.8 Å². The van der Waals surface area contributed by atoms with Crippen LogP contribution in [-0.2, 0) is 14.3 Å². The molecule has 0 heterocycles. The number of hydrogen-bond donors (Lipinski definition) is 1. The minimum atomic E-state index is -0.653. The van der Waals surface area contributed by atoms with Crippen LogP contribution in [0, 0.1) is 5.41 Å². The lowest BCUT2D eigenvalue weighted by Crippen LogP contribution is -2.03. The van der Waals surface area contributed by atoms with Crippen LogP contribution in [0.1, 0.15) is 137 Å². The standard InChI is InChI=1S/C22H44O2.C4H6O2/c1-22(2,3)20-18-16-14-12-10-8-6-4-5-7-9-11-13-15-17-19-21(23)24;1-3-6-4(2)5/h4-20H2,1-3H3,(H,23,24);3H,1H2,2H3. The maximum atomic E-state index is 10.4. The van der Waals surface area contributed by atoms with Gasteiger partial charge in [0.15, 0.2) is 0 Å². The normalized spacial score (nSPS) is 10.8. The molecule has 0 rings (SSSR count). The summed E-state index contributed by atoms with van der Waals surface area (Å²) < 4.78 is 4.17. The molecule has 0 atom stereocenters. The fourth-order valence-electron chi connectivity index (χ4n) is 3.35. The number of aliphatic carboxylic acids is 1. The Morgan fingerprint density at radius 3 is 1.30 bits per heavy atom. The number of esters is 1. The molecule has 0 saturated carbocycles. The van der Waals surface area contributed by atoms with Crippen molar-refractivity contribution < 1.29 is 19.4 Å². The van der Waals surface area contributed by atoms with Crippen LogP contribution in [0.15, 0.2) is 12.8 Å². The van der Waals surface area contributed by atoms with E-state index in [1.54, 1.807) is 0 Å². The molecule has 1 N–H and O–H groups in total. The van der Waals surface area contributed by atoms with Gasteiger partial charge in [0.25, 0.3) is 0 Å². The van der Waals surface area contributed by atoms with E-state index in [4.69, 9.17) is 5.11 Å². The summed E-state index contributed by atoms with van der Waals surface area (Å²) in [5.41, 5.74) is 0.512. The van der Waals surface area contributed by atoms with Gasteiger partial charge in [-0.2, -0.15) is 0 Å². The van der Waals surface area contributed by atoms with Gasteiger partial charge in [-0.3, -0.25) is 9.59 Å². The molecule has 0 amide bonds. The van der Waals surface area contributed by atoms with Crippen LogP contribution in [0.5, 0.6) is 0 Å². The highest BCUT2D eigenvalue weighted by Gasteiger charge is 2.08. The van der Waals surface area contributed by atoms with Crippen molar-refractivity contribution in [3.63, 3.8) is 0 Å². The Morgan fingerprint density at radius 1 is 0.733 bits per heavy atom. The Labute approximate surface area is 186 Å². The summed E-state index contributed by atoms with van der Waals surface area (Å²) in [6.45, 7) is 11.5. The first kappa shape index (κ1) is 30.9. The number of carboxylic acid groups (broad SMARTS) is 1. The predicted octanol–water partition coefficient (Wildman–Crippen LogP) is 8.44. The monoisotopic (exact) mass is 426 g/mol. The molecule has 0 saturated heterocycles. The average molecular weight is 427 g/mol. The van der Waals surface area contributed by atoms with Crippen LogP contribution < -0.4 is 0 Å². The van der Waals surface area contributed by atoms with Crippen molar-refractivity contribution in [1.82, 2.24) is 0 Å². The van der Waals surface area contributed by atoms with Crippen molar-refractivity contribution in [1.29, 1.82) is 0 Å². The molecule has 0 fully saturated rings. The van der Waals surface area contributed by atoms with Crippen LogP contribution in [-0.4, -0.2) is 17.0 Å². The van der Waals surface area contributed by atoms with E-state index in [9.17, 15) is 9.59 Å². The zero-order chi connectivity index (χ0) is 23.1. The minimum absolute atomic E-state index is 0.329. The lowest BCUT2D eigenvalue weighted by molar-refractivity contribution is -0.137. The third-order valence-electron chi connectivity index (χ3n) is 5.07. The summed E-state index contributed by atoms with van der Waals surface area (Å²) in [5, 5.41) is 8.56. The summed E-state index contributed by atoms with van der Waals surface area (Å²) in [7, 11) is 0. The summed E-state index contributed by atoms with van der Waals surface area (Å²) >= 11 is 0. The Bertz CT molecular complexity index is 410. The molecule has 178 valence electrons. The van der Waals surface area contributed by atoms with Crippen LogP contribution >= 0.6 is 0 Å². The maximum Gasteiger partial charge on any atom is 0.307 e. The third kappa shape index (κ3) is 34.2. The molecule has 0 aromatic rings. The minimum Gasteiger partial charge on any atom is -0.481 e. The lowest BCUT2D eigenvalue weighted by Gasteiger charge is -2.17. The number of carbonyl (C=O) groups excluding carboxylic acids is 1. The predicted molar refractivity (Wildman–Crippen MR) is 128 cm³/mol. The van der Waals surface area contributed by atoms with Gasteiger partial charge in [0.2, 0.25) is 0 Å². The van der Waals surface area contributed by atoms with Crippen molar-refractivity contribution in [2.24, 2.45) is 5.41 Å². The van der Waals surface area contributed by atoms with Gasteiger partial charge in [-0.25, -0.2) is 0 Å². The molecule has 0 bridgehead atoms. The lowest BCUT2D eigenvalue weighted by atomic mass is 9.89. The van der Waals surface area contributed by atoms with E-state index < -0.39 is 5.97 Å². The second kappa shape index (κ2) is 22.4. The molecule has 30 heavy (non-hydrogen) atoms. The zero-order valence-electron chi connectivity index (χ0n) is 20.5. The van der Waals surface area contributed by atoms with Crippen LogP contribution in [0.3, 0.4) is 0 Å². The first-order valence-corrected chi connectivity index (χ1v) is 12.2. The fourth-order valence-corrected chi connectivity index (χ4v) is 3.35. The molecule has 0 radical (unpaired) electrons. The van der Waals surface area contributed by atoms with Gasteiger partial charge in [-0.1, -0.05) is 117 Å². The van der Waals surface area contributed by atoms with E-state index >= 15 is 0 Å². The maximum absolute atomic E-state index is 10.4. The van der Waals surface area contributed by atoms with Crippen molar-refractivity contribution in [3.8, 4) is 0 Å². The summed E-state index contributed by atoms with van der Waals surface area (Å²) in [4.78, 5) is 20.1. The number of rotatable bonds is 18. The van der Waals surface area contributed by atoms with Crippen LogP contribution in [0.2, 0.25) is 0 Å². The molecule has 0 unspecified atom stereocenters. The number of carbonyl (C=O) groups is 2. The van der Waals surface area contributed by atoms with Gasteiger partial charge < -0.3 is 9.84 Å². The van der Waals surface area contributed by atoms with E-state index in [1.807, 2.05) is 0 Å². The number of carboxylic acids is 1. The topological polar surface area (TPSA) is 63.6 Å². The molecule has 4 nitrogen and oxygen atoms in total. The largest absolute Gasteiger partial charge is 0.481 e. The molecule has 0 aliphatic heterocycles. The molecule has 0 aromatic heterocycles. The first-order chi connectivity index (χ1) is 14.2. The Kier molecular flexibility index (Phi) is 23.0. The third-order valence-corrected chi connectivity index (χ3v) is 5.07. The van der Waals surface area contributed by atoms with Crippen LogP contribution in [0.4, 0.5) is 0 Å². The van der Waals surface area contributed by atoms with E-state index in [0.717, 1.165) is 19.1 Å². The van der Waals surface area contributed by atoms with Gasteiger partial charge >= 0.3 is 11.9 Å². The van der Waals surface area contributed by atoms with E-state index in [-0.39, 0.29) is 5.97 Å². The Balaban J connectivity index is 0. The number of hydrogen-bond acceptors (Lipinski definition) is 3. The highest BCUT2D eigenvalue weighted by Crippen LogP contribution is 2.22. The number of unbranched alkanes of at least 4 members (excludes halogenated alkanes) is 14. The van der Waals surface area contributed by atoms with Gasteiger partial charge in [0.05, 0.1) is 6.26 Å². The van der Waals surface area contributed by atoms with Gasteiger partial charge in [-0.15, -0.1) is 0 Å². The van der Waals surface area contributed by atoms with E-state index in [0.29, 0.717) is 11.8 Å². The zero-order valence-corrected chi connectivity index (χ0v) is 20.5. The van der Waals surface area contributed by atoms with Crippen molar-refractivity contribution in [2.45, 2.75) is 137 Å². The molecule has 0 spiro atoms. The fraction of sp³-hybridized carbons (Fsp3) is 0.846. The highest BCUT2D eigenvalue weighted by molar-refractivity contribution is 5.66. The van der Waals surface area contributed by atoms with Crippen molar-refractivity contribution in [2.75, 3.05) is 0 Å². The molecular formula is C26H50O4. The van der Waals surface area contributed by atoms with Crippen LogP contribution in [0.25, 0.3) is 0 Å².